The van der Waals surface area contributed by atoms with Gasteiger partial charge < -0.3 is 10.6 Å². The van der Waals surface area contributed by atoms with E-state index < -0.39 is 0 Å². The topological polar surface area (TPSA) is 91.8 Å². The number of carbonyl (C=O) groups excluding carboxylic acids is 2. The predicted octanol–water partition coefficient (Wildman–Crippen LogP) is 3.97. The Balaban J connectivity index is 1.63. The maximum Gasteiger partial charge on any atom is 0.240 e. The number of anilines is 1. The molecule has 1 heterocycles. The van der Waals surface area contributed by atoms with Crippen LogP contribution in [0.2, 0.25) is 0 Å². The quantitative estimate of drug-likeness (QED) is 0.478. The molecule has 0 spiro atoms. The second-order valence-corrected chi connectivity index (χ2v) is 7.47. The van der Waals surface area contributed by atoms with Gasteiger partial charge in [-0.15, -0.1) is 0 Å². The normalized spacial score (nSPS) is 10.6. The lowest BCUT2D eigenvalue weighted by atomic mass is 10.1. The summed E-state index contributed by atoms with van der Waals surface area (Å²) in [5.41, 5.74) is 3.65. The number of nitrogens with zero attached hydrogens (tertiary/aromatic N) is 2. The van der Waals surface area contributed by atoms with Crippen molar-refractivity contribution in [1.29, 1.82) is 0 Å². The van der Waals surface area contributed by atoms with E-state index in [0.717, 1.165) is 28.8 Å². The Morgan fingerprint density at radius 3 is 2.63 bits per heavy atom. The fraction of sp³-hybridized carbons (Fsp3) is 0.273. The van der Waals surface area contributed by atoms with Crippen molar-refractivity contribution in [1.82, 2.24) is 20.1 Å². The highest BCUT2D eigenvalue weighted by atomic mass is 32.1. The summed E-state index contributed by atoms with van der Waals surface area (Å²) in [6.07, 6.45) is 1.28. The van der Waals surface area contributed by atoms with E-state index in [1.165, 1.54) is 0 Å². The molecule has 30 heavy (non-hydrogen) atoms. The first-order valence-electron chi connectivity index (χ1n) is 9.84. The van der Waals surface area contributed by atoms with Crippen molar-refractivity contribution in [3.8, 4) is 11.4 Å². The summed E-state index contributed by atoms with van der Waals surface area (Å²) < 4.78 is 2.07. The number of nitrogens with one attached hydrogen (secondary N) is 3. The molecule has 0 bridgehead atoms. The summed E-state index contributed by atoms with van der Waals surface area (Å²) in [6.45, 7) is 4.38. The Bertz CT molecular complexity index is 1090. The van der Waals surface area contributed by atoms with Gasteiger partial charge >= 0.3 is 0 Å². The van der Waals surface area contributed by atoms with Crippen molar-refractivity contribution < 1.29 is 9.59 Å². The summed E-state index contributed by atoms with van der Waals surface area (Å²) in [6, 6.07) is 15.3. The molecule has 3 N–H and O–H groups in total. The number of benzene rings is 2. The van der Waals surface area contributed by atoms with Crippen LogP contribution in [-0.2, 0) is 22.7 Å². The lowest BCUT2D eigenvalue weighted by molar-refractivity contribution is -0.121. The van der Waals surface area contributed by atoms with Crippen LogP contribution in [0.1, 0.15) is 30.9 Å². The molecule has 8 heteroatoms. The number of rotatable bonds is 8. The van der Waals surface area contributed by atoms with E-state index in [0.29, 0.717) is 23.6 Å². The molecule has 0 radical (unpaired) electrons. The van der Waals surface area contributed by atoms with Gasteiger partial charge in [-0.05, 0) is 43.3 Å². The third-order valence-electron chi connectivity index (χ3n) is 4.55. The molecule has 3 aromatic rings. The van der Waals surface area contributed by atoms with Gasteiger partial charge in [-0.2, -0.15) is 5.10 Å². The number of amides is 2. The van der Waals surface area contributed by atoms with Crippen LogP contribution >= 0.6 is 12.2 Å². The second kappa shape index (κ2) is 9.98. The van der Waals surface area contributed by atoms with E-state index in [1.807, 2.05) is 62.4 Å². The maximum absolute atomic E-state index is 12.5. The summed E-state index contributed by atoms with van der Waals surface area (Å²) in [5.74, 6) is 0.425. The first-order chi connectivity index (χ1) is 14.5. The van der Waals surface area contributed by atoms with E-state index in [2.05, 4.69) is 20.8 Å². The van der Waals surface area contributed by atoms with Crippen molar-refractivity contribution in [2.24, 2.45) is 0 Å². The molecule has 2 amide bonds. The maximum atomic E-state index is 12.5. The van der Waals surface area contributed by atoms with E-state index in [4.69, 9.17) is 12.2 Å². The van der Waals surface area contributed by atoms with Crippen LogP contribution in [-0.4, -0.2) is 26.6 Å². The van der Waals surface area contributed by atoms with Crippen molar-refractivity contribution in [3.63, 3.8) is 0 Å². The Morgan fingerprint density at radius 2 is 1.90 bits per heavy atom. The average Bonchev–Trinajstić information content (AvgIpc) is 3.08. The molecule has 0 unspecified atom stereocenters. The monoisotopic (exact) mass is 423 g/mol. The summed E-state index contributed by atoms with van der Waals surface area (Å²) >= 11 is 5.30. The van der Waals surface area contributed by atoms with E-state index in [1.54, 1.807) is 4.57 Å². The molecule has 0 saturated carbocycles. The lowest BCUT2D eigenvalue weighted by Gasteiger charge is -2.10. The minimum Gasteiger partial charge on any atom is -0.350 e. The largest absolute Gasteiger partial charge is 0.350 e. The molecule has 7 nitrogen and oxygen atoms in total. The molecule has 3 rings (SSSR count). The Labute approximate surface area is 180 Å². The zero-order valence-corrected chi connectivity index (χ0v) is 17.9. The second-order valence-electron chi connectivity index (χ2n) is 7.08. The highest BCUT2D eigenvalue weighted by molar-refractivity contribution is 7.71. The van der Waals surface area contributed by atoms with Crippen molar-refractivity contribution >= 4 is 29.7 Å². The Hall–Kier alpha value is -3.26. The summed E-state index contributed by atoms with van der Waals surface area (Å²) in [7, 11) is 0. The van der Waals surface area contributed by atoms with Crippen LogP contribution in [0.15, 0.2) is 48.5 Å². The molecule has 156 valence electrons. The highest BCUT2D eigenvalue weighted by Gasteiger charge is 2.12. The number of hydrogen-bond donors (Lipinski definition) is 3. The first kappa shape index (κ1) is 21.4. The van der Waals surface area contributed by atoms with Gasteiger partial charge in [0.05, 0.1) is 0 Å². The number of aryl methyl sites for hydroxylation is 1. The summed E-state index contributed by atoms with van der Waals surface area (Å²) in [4.78, 5) is 24.3. The molecular formula is C22H25N5O2S. The highest BCUT2D eigenvalue weighted by Crippen LogP contribution is 2.18. The van der Waals surface area contributed by atoms with E-state index in [-0.39, 0.29) is 18.4 Å². The van der Waals surface area contributed by atoms with Crippen molar-refractivity contribution in [3.05, 3.63) is 64.4 Å². The molecule has 0 saturated heterocycles. The van der Waals surface area contributed by atoms with Crippen molar-refractivity contribution in [2.45, 2.75) is 39.8 Å². The minimum atomic E-state index is -0.179. The SMILES string of the molecule is CCCC(=O)Nc1cccc(CNC(=O)Cn2c(-c3ccc(C)cc3)n[nH]c2=S)c1. The van der Waals surface area contributed by atoms with Crippen LogP contribution in [0.3, 0.4) is 0 Å². The number of H-pyrrole nitrogens is 1. The Kier molecular flexibility index (Phi) is 7.13. The zero-order valence-electron chi connectivity index (χ0n) is 17.1. The fourth-order valence-corrected chi connectivity index (χ4v) is 3.19. The summed E-state index contributed by atoms with van der Waals surface area (Å²) in [5, 5.41) is 12.8. The molecular weight excluding hydrogens is 398 g/mol. The molecule has 1 aromatic heterocycles. The molecule has 0 aliphatic heterocycles. The number of aromatic amines is 1. The molecule has 0 aliphatic carbocycles. The van der Waals surface area contributed by atoms with Crippen LogP contribution in [0.4, 0.5) is 5.69 Å². The third-order valence-corrected chi connectivity index (χ3v) is 4.86. The average molecular weight is 424 g/mol. The van der Waals surface area contributed by atoms with Gasteiger partial charge in [0.25, 0.3) is 0 Å². The molecule has 0 fully saturated rings. The van der Waals surface area contributed by atoms with E-state index in [9.17, 15) is 9.59 Å². The third kappa shape index (κ3) is 5.64. The first-order valence-corrected chi connectivity index (χ1v) is 10.2. The minimum absolute atomic E-state index is 0.0170. The fourth-order valence-electron chi connectivity index (χ4n) is 3.00. The van der Waals surface area contributed by atoms with Gasteiger partial charge in [0.15, 0.2) is 10.6 Å². The van der Waals surface area contributed by atoms with Crippen LogP contribution in [0.5, 0.6) is 0 Å². The number of hydrogen-bond acceptors (Lipinski definition) is 4. The van der Waals surface area contributed by atoms with Gasteiger partial charge in [-0.25, -0.2) is 0 Å². The smallest absolute Gasteiger partial charge is 0.240 e. The van der Waals surface area contributed by atoms with Crippen molar-refractivity contribution in [2.75, 3.05) is 5.32 Å². The van der Waals surface area contributed by atoms with Gasteiger partial charge in [-0.3, -0.25) is 19.3 Å². The predicted molar refractivity (Wildman–Crippen MR) is 119 cm³/mol. The number of aromatic nitrogens is 3. The van der Waals surface area contributed by atoms with Gasteiger partial charge in [0, 0.05) is 24.2 Å². The molecule has 0 aliphatic rings. The van der Waals surface area contributed by atoms with Gasteiger partial charge in [0.1, 0.15) is 6.54 Å². The van der Waals surface area contributed by atoms with Gasteiger partial charge in [-0.1, -0.05) is 48.9 Å². The van der Waals surface area contributed by atoms with Crippen LogP contribution < -0.4 is 10.6 Å². The van der Waals surface area contributed by atoms with E-state index >= 15 is 0 Å². The zero-order chi connectivity index (χ0) is 21.5. The lowest BCUT2D eigenvalue weighted by Crippen LogP contribution is -2.27. The standard InChI is InChI=1S/C22H25N5O2S/c1-3-5-19(28)24-18-7-4-6-16(12-18)13-23-20(29)14-27-21(25-26-22(27)30)17-10-8-15(2)9-11-17/h4,6-12H,3,5,13-14H2,1-2H3,(H,23,29)(H,24,28)(H,26,30). The molecule has 2 aromatic carbocycles. The van der Waals surface area contributed by atoms with Crippen LogP contribution in [0.25, 0.3) is 11.4 Å². The number of carbonyl (C=O) groups is 2. The van der Waals surface area contributed by atoms with Crippen LogP contribution in [0, 0.1) is 11.7 Å². The Morgan fingerprint density at radius 1 is 1.13 bits per heavy atom. The molecule has 0 atom stereocenters. The van der Waals surface area contributed by atoms with Gasteiger partial charge in [0.2, 0.25) is 11.8 Å².